The smallest absolute Gasteiger partial charge is 0.267 e. The number of ether oxygens (including phenoxy) is 2. The molecule has 0 unspecified atom stereocenters. The van der Waals surface area contributed by atoms with Crippen molar-refractivity contribution >= 4 is 45.4 Å². The molecule has 6 heteroatoms. The highest BCUT2D eigenvalue weighted by atomic mass is 32.2. The Kier molecular flexibility index (Phi) is 8.06. The van der Waals surface area contributed by atoms with Gasteiger partial charge < -0.3 is 9.47 Å². The molecule has 5 aromatic carbocycles. The highest BCUT2D eigenvalue weighted by Gasteiger charge is 2.37. The summed E-state index contributed by atoms with van der Waals surface area (Å²) in [6.07, 6.45) is 1.89. The van der Waals surface area contributed by atoms with Crippen LogP contribution in [0.2, 0.25) is 0 Å². The molecule has 1 atom stereocenters. The van der Waals surface area contributed by atoms with Gasteiger partial charge in [0.05, 0.1) is 23.7 Å². The van der Waals surface area contributed by atoms with Crippen molar-refractivity contribution in [3.63, 3.8) is 0 Å². The number of aliphatic imine (C=N–C) groups is 1. The molecule has 1 heterocycles. The zero-order chi connectivity index (χ0) is 28.9. The third kappa shape index (κ3) is 5.80. The average molecular weight is 571 g/mol. The molecule has 6 rings (SSSR count). The van der Waals surface area contributed by atoms with Crippen LogP contribution in [0.4, 0.5) is 5.69 Å². The molecular weight excluding hydrogens is 540 g/mol. The minimum Gasteiger partial charge on any atom is -0.493 e. The molecule has 0 N–H and O–H groups in total. The standard InChI is InChI=1S/C36H30N2O3S/c1-25(27-12-5-3-6-13-27)38-35(39)34(42-36(38)37-30-17-7-4-8-18-30)23-26-20-21-32(33(22-26)40-2)41-24-29-16-11-15-28-14-9-10-19-31(28)29/h3-23,25H,24H2,1-2H3/b34-23+,37-36?/t25-/m1/s1. The number of nitrogens with zero attached hydrogens (tertiary/aromatic N) is 2. The molecule has 1 amide bonds. The Morgan fingerprint density at radius 2 is 1.55 bits per heavy atom. The first-order valence-electron chi connectivity index (χ1n) is 13.8. The van der Waals surface area contributed by atoms with Crippen molar-refractivity contribution in [2.45, 2.75) is 19.6 Å². The fraction of sp³-hybridized carbons (Fsp3) is 0.111. The van der Waals surface area contributed by atoms with E-state index < -0.39 is 0 Å². The number of hydrogen-bond donors (Lipinski definition) is 0. The molecule has 0 aliphatic carbocycles. The van der Waals surface area contributed by atoms with Crippen molar-refractivity contribution in [2.24, 2.45) is 4.99 Å². The largest absolute Gasteiger partial charge is 0.493 e. The first kappa shape index (κ1) is 27.4. The van der Waals surface area contributed by atoms with Gasteiger partial charge >= 0.3 is 0 Å². The van der Waals surface area contributed by atoms with E-state index in [1.54, 1.807) is 12.0 Å². The first-order chi connectivity index (χ1) is 20.6. The van der Waals surface area contributed by atoms with Gasteiger partial charge in [-0.25, -0.2) is 4.99 Å². The topological polar surface area (TPSA) is 51.1 Å². The van der Waals surface area contributed by atoms with E-state index in [1.807, 2.05) is 110 Å². The van der Waals surface area contributed by atoms with Crippen LogP contribution in [0.25, 0.3) is 16.8 Å². The summed E-state index contributed by atoms with van der Waals surface area (Å²) in [4.78, 5) is 21.0. The van der Waals surface area contributed by atoms with Crippen molar-refractivity contribution in [1.82, 2.24) is 4.90 Å². The van der Waals surface area contributed by atoms with Gasteiger partial charge in [0.15, 0.2) is 16.7 Å². The summed E-state index contributed by atoms with van der Waals surface area (Å²) in [5.74, 6) is 1.16. The van der Waals surface area contributed by atoms with Crippen LogP contribution in [0, 0.1) is 0 Å². The molecule has 1 aliphatic rings. The lowest BCUT2D eigenvalue weighted by atomic mass is 10.1. The maximum Gasteiger partial charge on any atom is 0.267 e. The van der Waals surface area contributed by atoms with Crippen LogP contribution in [-0.2, 0) is 11.4 Å². The predicted octanol–water partition coefficient (Wildman–Crippen LogP) is 8.79. The molecule has 0 aromatic heterocycles. The van der Waals surface area contributed by atoms with Gasteiger partial charge in [-0.1, -0.05) is 97.1 Å². The third-order valence-corrected chi connectivity index (χ3v) is 8.22. The number of thioether (sulfide) groups is 1. The van der Waals surface area contributed by atoms with Crippen molar-refractivity contribution in [3.8, 4) is 11.5 Å². The maximum absolute atomic E-state index is 13.8. The molecule has 0 bridgehead atoms. The van der Waals surface area contributed by atoms with Gasteiger partial charge in [0.1, 0.15) is 6.61 Å². The van der Waals surface area contributed by atoms with E-state index in [2.05, 4.69) is 24.3 Å². The summed E-state index contributed by atoms with van der Waals surface area (Å²) in [5.41, 5.74) is 3.79. The monoisotopic (exact) mass is 570 g/mol. The van der Waals surface area contributed by atoms with E-state index in [0.717, 1.165) is 22.4 Å². The fourth-order valence-corrected chi connectivity index (χ4v) is 6.09. The SMILES string of the molecule is COc1cc(/C=C2/SC(=Nc3ccccc3)N([C@H](C)c3ccccc3)C2=O)ccc1OCc1cccc2ccccc12. The number of methoxy groups -OCH3 is 1. The number of carbonyl (C=O) groups is 1. The number of amides is 1. The summed E-state index contributed by atoms with van der Waals surface area (Å²) < 4.78 is 11.9. The van der Waals surface area contributed by atoms with Crippen LogP contribution in [0.1, 0.15) is 29.7 Å². The zero-order valence-electron chi connectivity index (χ0n) is 23.4. The summed E-state index contributed by atoms with van der Waals surface area (Å²) in [6.45, 7) is 2.44. The number of fused-ring (bicyclic) bond motifs is 1. The molecular formula is C36H30N2O3S. The normalized spacial score (nSPS) is 15.9. The molecule has 5 aromatic rings. The predicted molar refractivity (Wildman–Crippen MR) is 172 cm³/mol. The highest BCUT2D eigenvalue weighted by Crippen LogP contribution is 2.40. The van der Waals surface area contributed by atoms with Crippen molar-refractivity contribution in [2.75, 3.05) is 7.11 Å². The first-order valence-corrected chi connectivity index (χ1v) is 14.6. The molecule has 1 saturated heterocycles. The highest BCUT2D eigenvalue weighted by molar-refractivity contribution is 8.18. The van der Waals surface area contributed by atoms with Crippen molar-refractivity contribution in [3.05, 3.63) is 143 Å². The lowest BCUT2D eigenvalue weighted by Gasteiger charge is -2.24. The lowest BCUT2D eigenvalue weighted by molar-refractivity contribution is -0.123. The van der Waals surface area contributed by atoms with Crippen LogP contribution in [0.3, 0.4) is 0 Å². The van der Waals surface area contributed by atoms with E-state index in [9.17, 15) is 4.79 Å². The molecule has 5 nitrogen and oxygen atoms in total. The Labute approximate surface area is 250 Å². The van der Waals surface area contributed by atoms with Crippen LogP contribution < -0.4 is 9.47 Å². The summed E-state index contributed by atoms with van der Waals surface area (Å²) >= 11 is 1.38. The Hall–Kier alpha value is -4.81. The van der Waals surface area contributed by atoms with E-state index in [-0.39, 0.29) is 11.9 Å². The molecule has 0 saturated carbocycles. The van der Waals surface area contributed by atoms with Gasteiger partial charge in [0.2, 0.25) is 0 Å². The van der Waals surface area contributed by atoms with Crippen LogP contribution >= 0.6 is 11.8 Å². The van der Waals surface area contributed by atoms with E-state index in [4.69, 9.17) is 14.5 Å². The lowest BCUT2D eigenvalue weighted by Crippen LogP contribution is -2.32. The van der Waals surface area contributed by atoms with Gasteiger partial charge in [0.25, 0.3) is 5.91 Å². The second-order valence-electron chi connectivity index (χ2n) is 9.94. The third-order valence-electron chi connectivity index (χ3n) is 7.24. The Morgan fingerprint density at radius 1 is 0.833 bits per heavy atom. The number of hydrogen-bond acceptors (Lipinski definition) is 5. The molecule has 42 heavy (non-hydrogen) atoms. The number of carbonyl (C=O) groups excluding carboxylic acids is 1. The van der Waals surface area contributed by atoms with Gasteiger partial charge in [0, 0.05) is 0 Å². The van der Waals surface area contributed by atoms with Gasteiger partial charge in [-0.05, 0) is 76.5 Å². The van der Waals surface area contributed by atoms with Crippen LogP contribution in [0.5, 0.6) is 11.5 Å². The van der Waals surface area contributed by atoms with Crippen molar-refractivity contribution in [1.29, 1.82) is 0 Å². The Balaban J connectivity index is 1.28. The number of benzene rings is 5. The van der Waals surface area contributed by atoms with Crippen molar-refractivity contribution < 1.29 is 14.3 Å². The number of amidine groups is 1. The quantitative estimate of drug-likeness (QED) is 0.175. The second-order valence-corrected chi connectivity index (χ2v) is 10.9. The number of rotatable bonds is 8. The summed E-state index contributed by atoms with van der Waals surface area (Å²) in [5, 5.41) is 2.99. The summed E-state index contributed by atoms with van der Waals surface area (Å²) in [7, 11) is 1.63. The van der Waals surface area contributed by atoms with E-state index in [0.29, 0.717) is 28.2 Å². The van der Waals surface area contributed by atoms with Gasteiger partial charge in [-0.2, -0.15) is 0 Å². The molecule has 1 fully saturated rings. The Bertz CT molecular complexity index is 1780. The minimum absolute atomic E-state index is 0.0821. The van der Waals surface area contributed by atoms with E-state index >= 15 is 0 Å². The second kappa shape index (κ2) is 12.4. The van der Waals surface area contributed by atoms with Gasteiger partial charge in [-0.15, -0.1) is 0 Å². The average Bonchev–Trinajstić information content (AvgIpc) is 3.34. The zero-order valence-corrected chi connectivity index (χ0v) is 24.3. The summed E-state index contributed by atoms with van der Waals surface area (Å²) in [6, 6.07) is 39.8. The minimum atomic E-state index is -0.182. The number of para-hydroxylation sites is 1. The van der Waals surface area contributed by atoms with Gasteiger partial charge in [-0.3, -0.25) is 9.69 Å². The fourth-order valence-electron chi connectivity index (χ4n) is 5.02. The molecule has 208 valence electrons. The molecule has 0 spiro atoms. The molecule has 1 aliphatic heterocycles. The maximum atomic E-state index is 13.8. The molecule has 0 radical (unpaired) electrons. The van der Waals surface area contributed by atoms with E-state index in [1.165, 1.54) is 22.5 Å². The van der Waals surface area contributed by atoms with Crippen LogP contribution in [-0.4, -0.2) is 23.1 Å². The van der Waals surface area contributed by atoms with Crippen LogP contribution in [0.15, 0.2) is 131 Å². The Morgan fingerprint density at radius 3 is 2.33 bits per heavy atom.